The summed E-state index contributed by atoms with van der Waals surface area (Å²) in [6.07, 6.45) is 1.59. The van der Waals surface area contributed by atoms with E-state index in [2.05, 4.69) is 34.8 Å². The average molecular weight is 410 g/mol. The molecule has 0 aliphatic rings. The number of carbonyl (C=O) groups is 1. The van der Waals surface area contributed by atoms with Gasteiger partial charge in [0, 0.05) is 5.56 Å². The number of fused-ring (bicyclic) bond motifs is 1. The van der Waals surface area contributed by atoms with Crippen molar-refractivity contribution in [3.05, 3.63) is 108 Å². The van der Waals surface area contributed by atoms with E-state index in [0.29, 0.717) is 17.9 Å². The van der Waals surface area contributed by atoms with Crippen LogP contribution in [-0.2, 0) is 6.61 Å². The van der Waals surface area contributed by atoms with Gasteiger partial charge in [0.1, 0.15) is 18.1 Å². The van der Waals surface area contributed by atoms with Crippen molar-refractivity contribution >= 4 is 22.9 Å². The summed E-state index contributed by atoms with van der Waals surface area (Å²) in [4.78, 5) is 12.1. The minimum absolute atomic E-state index is 0.283. The van der Waals surface area contributed by atoms with Crippen LogP contribution in [0.1, 0.15) is 21.5 Å². The van der Waals surface area contributed by atoms with Crippen LogP contribution in [0.15, 0.2) is 96.1 Å². The lowest BCUT2D eigenvalue weighted by Gasteiger charge is -2.09. The molecule has 0 saturated heterocycles. The fraction of sp³-hybridized carbons (Fsp3) is 0.0769. The van der Waals surface area contributed by atoms with E-state index in [9.17, 15) is 4.79 Å². The zero-order valence-corrected chi connectivity index (χ0v) is 17.1. The topological polar surface area (TPSA) is 59.9 Å². The Balaban J connectivity index is 1.33. The van der Waals surface area contributed by atoms with Crippen LogP contribution in [0.2, 0.25) is 0 Å². The minimum atomic E-state index is -0.283. The molecule has 0 fully saturated rings. The molecule has 0 atom stereocenters. The van der Waals surface area contributed by atoms with Crippen molar-refractivity contribution in [1.82, 2.24) is 5.43 Å². The maximum Gasteiger partial charge on any atom is 0.271 e. The Bertz CT molecular complexity index is 1190. The second kappa shape index (κ2) is 9.59. The fourth-order valence-electron chi connectivity index (χ4n) is 3.20. The molecule has 5 nitrogen and oxygen atoms in total. The van der Waals surface area contributed by atoms with Crippen molar-refractivity contribution in [3.8, 4) is 11.5 Å². The van der Waals surface area contributed by atoms with Gasteiger partial charge >= 0.3 is 0 Å². The minimum Gasteiger partial charge on any atom is -0.497 e. The van der Waals surface area contributed by atoms with Gasteiger partial charge in [0.25, 0.3) is 5.91 Å². The van der Waals surface area contributed by atoms with E-state index in [-0.39, 0.29) is 5.91 Å². The van der Waals surface area contributed by atoms with Crippen LogP contribution in [0.3, 0.4) is 0 Å². The number of hydrogen-bond donors (Lipinski definition) is 1. The summed E-state index contributed by atoms with van der Waals surface area (Å²) in [6.45, 7) is 0.493. The van der Waals surface area contributed by atoms with E-state index >= 15 is 0 Å². The molecule has 0 saturated carbocycles. The molecule has 0 radical (unpaired) electrons. The van der Waals surface area contributed by atoms with Crippen molar-refractivity contribution in [2.24, 2.45) is 5.10 Å². The SMILES string of the molecule is COc1ccc(C(=O)N/N=C\c2ccc(OCc3cccc4ccccc34)cc2)cc1. The number of benzene rings is 4. The number of hydrogen-bond acceptors (Lipinski definition) is 4. The number of hydrazone groups is 1. The van der Waals surface area contributed by atoms with Crippen LogP contribution in [0.5, 0.6) is 11.5 Å². The Morgan fingerprint density at radius 3 is 2.35 bits per heavy atom. The van der Waals surface area contributed by atoms with Gasteiger partial charge in [-0.15, -0.1) is 0 Å². The lowest BCUT2D eigenvalue weighted by Crippen LogP contribution is -2.17. The lowest BCUT2D eigenvalue weighted by molar-refractivity contribution is 0.0955. The quantitative estimate of drug-likeness (QED) is 0.337. The first-order valence-electron chi connectivity index (χ1n) is 9.90. The highest BCUT2D eigenvalue weighted by Crippen LogP contribution is 2.21. The van der Waals surface area contributed by atoms with Gasteiger partial charge < -0.3 is 9.47 Å². The average Bonchev–Trinajstić information content (AvgIpc) is 2.83. The molecule has 4 aromatic rings. The van der Waals surface area contributed by atoms with Gasteiger partial charge in [-0.1, -0.05) is 42.5 Å². The zero-order chi connectivity index (χ0) is 21.5. The van der Waals surface area contributed by atoms with Crippen LogP contribution in [-0.4, -0.2) is 19.2 Å². The number of methoxy groups -OCH3 is 1. The Morgan fingerprint density at radius 1 is 0.871 bits per heavy atom. The first kappa shape index (κ1) is 20.2. The normalized spacial score (nSPS) is 10.9. The maximum atomic E-state index is 12.1. The van der Waals surface area contributed by atoms with E-state index in [1.165, 1.54) is 10.8 Å². The Kier molecular flexibility index (Phi) is 6.24. The smallest absolute Gasteiger partial charge is 0.271 e. The van der Waals surface area contributed by atoms with Gasteiger partial charge in [0.15, 0.2) is 0 Å². The predicted octanol–water partition coefficient (Wildman–Crippen LogP) is 5.19. The van der Waals surface area contributed by atoms with Crippen molar-refractivity contribution in [2.45, 2.75) is 6.61 Å². The molecule has 1 N–H and O–H groups in total. The molecule has 0 spiro atoms. The highest BCUT2D eigenvalue weighted by molar-refractivity contribution is 5.95. The van der Waals surface area contributed by atoms with Crippen LogP contribution >= 0.6 is 0 Å². The van der Waals surface area contributed by atoms with Gasteiger partial charge in [-0.05, 0) is 70.4 Å². The van der Waals surface area contributed by atoms with Crippen LogP contribution in [0.4, 0.5) is 0 Å². The van der Waals surface area contributed by atoms with Crippen molar-refractivity contribution < 1.29 is 14.3 Å². The molecule has 0 aromatic heterocycles. The molecule has 0 aliphatic heterocycles. The van der Waals surface area contributed by atoms with Crippen molar-refractivity contribution in [2.75, 3.05) is 7.11 Å². The molecule has 0 unspecified atom stereocenters. The number of nitrogens with one attached hydrogen (secondary N) is 1. The first-order valence-corrected chi connectivity index (χ1v) is 9.90. The predicted molar refractivity (Wildman–Crippen MR) is 123 cm³/mol. The van der Waals surface area contributed by atoms with Gasteiger partial charge in [-0.25, -0.2) is 5.43 Å². The molecule has 1 amide bonds. The van der Waals surface area contributed by atoms with E-state index < -0.39 is 0 Å². The molecule has 0 bridgehead atoms. The molecule has 0 heterocycles. The third-order valence-electron chi connectivity index (χ3n) is 4.89. The molecular formula is C26H22N2O3. The number of rotatable bonds is 7. The largest absolute Gasteiger partial charge is 0.497 e. The van der Waals surface area contributed by atoms with Crippen LogP contribution in [0.25, 0.3) is 10.8 Å². The second-order valence-corrected chi connectivity index (χ2v) is 6.92. The number of carbonyl (C=O) groups excluding carboxylic acids is 1. The van der Waals surface area contributed by atoms with E-state index in [1.807, 2.05) is 42.5 Å². The van der Waals surface area contributed by atoms with Gasteiger partial charge in [-0.2, -0.15) is 5.10 Å². The van der Waals surface area contributed by atoms with Crippen molar-refractivity contribution in [1.29, 1.82) is 0 Å². The summed E-state index contributed by atoms with van der Waals surface area (Å²) in [7, 11) is 1.58. The van der Waals surface area contributed by atoms with Gasteiger partial charge in [0.05, 0.1) is 13.3 Å². The molecular weight excluding hydrogens is 388 g/mol. The Hall–Kier alpha value is -4.12. The molecule has 31 heavy (non-hydrogen) atoms. The van der Waals surface area contributed by atoms with Crippen LogP contribution < -0.4 is 14.9 Å². The standard InChI is InChI=1S/C26H22N2O3/c1-30-23-15-11-21(12-16-23)26(29)28-27-17-19-9-13-24(14-10-19)31-18-22-7-4-6-20-5-2-3-8-25(20)22/h2-17H,18H2,1H3,(H,28,29)/b27-17-. The summed E-state index contributed by atoms with van der Waals surface area (Å²) in [5, 5.41) is 6.42. The Labute approximate surface area is 180 Å². The molecule has 4 aromatic carbocycles. The third kappa shape index (κ3) is 5.08. The van der Waals surface area contributed by atoms with E-state index in [4.69, 9.17) is 9.47 Å². The molecule has 154 valence electrons. The fourth-order valence-corrected chi connectivity index (χ4v) is 3.20. The van der Waals surface area contributed by atoms with E-state index in [1.54, 1.807) is 37.6 Å². The highest BCUT2D eigenvalue weighted by atomic mass is 16.5. The van der Waals surface area contributed by atoms with Gasteiger partial charge in [0.2, 0.25) is 0 Å². The number of amides is 1. The monoisotopic (exact) mass is 410 g/mol. The second-order valence-electron chi connectivity index (χ2n) is 6.92. The molecule has 0 aliphatic carbocycles. The summed E-state index contributed by atoms with van der Waals surface area (Å²) in [6, 6.07) is 28.9. The lowest BCUT2D eigenvalue weighted by atomic mass is 10.1. The van der Waals surface area contributed by atoms with Crippen molar-refractivity contribution in [3.63, 3.8) is 0 Å². The highest BCUT2D eigenvalue weighted by Gasteiger charge is 2.04. The van der Waals surface area contributed by atoms with E-state index in [0.717, 1.165) is 16.9 Å². The Morgan fingerprint density at radius 2 is 1.58 bits per heavy atom. The number of nitrogens with zero attached hydrogens (tertiary/aromatic N) is 1. The molecule has 4 rings (SSSR count). The van der Waals surface area contributed by atoms with Crippen LogP contribution in [0, 0.1) is 0 Å². The first-order chi connectivity index (χ1) is 15.2. The number of ether oxygens (including phenoxy) is 2. The maximum absolute atomic E-state index is 12.1. The van der Waals surface area contributed by atoms with Gasteiger partial charge in [-0.3, -0.25) is 4.79 Å². The molecule has 5 heteroatoms. The summed E-state index contributed by atoms with van der Waals surface area (Å²) in [5.74, 6) is 1.18. The zero-order valence-electron chi connectivity index (χ0n) is 17.1. The summed E-state index contributed by atoms with van der Waals surface area (Å²) in [5.41, 5.74) is 5.03. The third-order valence-corrected chi connectivity index (χ3v) is 4.89. The summed E-state index contributed by atoms with van der Waals surface area (Å²) >= 11 is 0. The summed E-state index contributed by atoms with van der Waals surface area (Å²) < 4.78 is 11.0.